The van der Waals surface area contributed by atoms with Gasteiger partial charge in [-0.1, -0.05) is 43.7 Å². The van der Waals surface area contributed by atoms with E-state index in [9.17, 15) is 0 Å². The molecular formula is C15H20N2. The van der Waals surface area contributed by atoms with Crippen LogP contribution in [0.25, 0.3) is 10.8 Å². The number of nitrogens with two attached hydrogens (primary N) is 1. The molecule has 0 aliphatic rings. The van der Waals surface area contributed by atoms with E-state index in [1.54, 1.807) is 0 Å². The van der Waals surface area contributed by atoms with Crippen molar-refractivity contribution >= 4 is 16.5 Å². The molecule has 90 valence electrons. The Morgan fingerprint density at radius 2 is 1.88 bits per heavy atom. The van der Waals surface area contributed by atoms with Gasteiger partial charge in [0.05, 0.1) is 0 Å². The number of anilines is 1. The number of hydrogen-bond donors (Lipinski definition) is 2. The summed E-state index contributed by atoms with van der Waals surface area (Å²) in [5.41, 5.74) is 6.87. The maximum atomic E-state index is 5.70. The highest BCUT2D eigenvalue weighted by atomic mass is 14.9. The molecule has 0 spiro atoms. The van der Waals surface area contributed by atoms with Crippen LogP contribution < -0.4 is 11.1 Å². The van der Waals surface area contributed by atoms with Crippen molar-refractivity contribution < 1.29 is 0 Å². The zero-order valence-corrected chi connectivity index (χ0v) is 10.3. The van der Waals surface area contributed by atoms with Crippen LogP contribution in [0.15, 0.2) is 42.5 Å². The molecule has 0 heterocycles. The van der Waals surface area contributed by atoms with Gasteiger partial charge in [0.2, 0.25) is 0 Å². The Morgan fingerprint density at radius 3 is 2.59 bits per heavy atom. The molecule has 0 fully saturated rings. The van der Waals surface area contributed by atoms with Gasteiger partial charge >= 0.3 is 0 Å². The summed E-state index contributed by atoms with van der Waals surface area (Å²) < 4.78 is 0. The summed E-state index contributed by atoms with van der Waals surface area (Å²) in [6, 6.07) is 14.9. The van der Waals surface area contributed by atoms with Crippen molar-refractivity contribution in [2.24, 2.45) is 11.7 Å². The maximum absolute atomic E-state index is 5.70. The molecule has 3 N–H and O–H groups in total. The summed E-state index contributed by atoms with van der Waals surface area (Å²) >= 11 is 0. The minimum absolute atomic E-state index is 0.557. The molecule has 17 heavy (non-hydrogen) atoms. The number of hydrogen-bond acceptors (Lipinski definition) is 2. The van der Waals surface area contributed by atoms with Gasteiger partial charge in [0.25, 0.3) is 0 Å². The fraction of sp³-hybridized carbons (Fsp3) is 0.333. The van der Waals surface area contributed by atoms with E-state index in [1.165, 1.54) is 16.5 Å². The molecule has 0 amide bonds. The van der Waals surface area contributed by atoms with E-state index >= 15 is 0 Å². The highest BCUT2D eigenvalue weighted by molar-refractivity contribution is 5.85. The Labute approximate surface area is 103 Å². The van der Waals surface area contributed by atoms with Gasteiger partial charge in [0.1, 0.15) is 0 Å². The van der Waals surface area contributed by atoms with Crippen LogP contribution in [0.3, 0.4) is 0 Å². The van der Waals surface area contributed by atoms with Gasteiger partial charge < -0.3 is 11.1 Å². The van der Waals surface area contributed by atoms with E-state index < -0.39 is 0 Å². The highest BCUT2D eigenvalue weighted by Gasteiger charge is 2.03. The van der Waals surface area contributed by atoms with E-state index in [1.807, 2.05) is 0 Å². The number of fused-ring (bicyclic) bond motifs is 1. The summed E-state index contributed by atoms with van der Waals surface area (Å²) in [5, 5.41) is 6.02. The van der Waals surface area contributed by atoms with E-state index in [4.69, 9.17) is 5.73 Å². The summed E-state index contributed by atoms with van der Waals surface area (Å²) in [7, 11) is 0. The molecule has 2 rings (SSSR count). The van der Waals surface area contributed by atoms with Crippen molar-refractivity contribution in [1.82, 2.24) is 0 Å². The number of rotatable bonds is 5. The summed E-state index contributed by atoms with van der Waals surface area (Å²) in [6.07, 6.45) is 1.12. The Bertz CT molecular complexity index is 475. The van der Waals surface area contributed by atoms with Crippen LogP contribution in [0.5, 0.6) is 0 Å². The van der Waals surface area contributed by atoms with E-state index in [0.29, 0.717) is 5.92 Å². The third-order valence-electron chi connectivity index (χ3n) is 3.26. The third-order valence-corrected chi connectivity index (χ3v) is 3.26. The molecule has 2 nitrogen and oxygen atoms in total. The second-order valence-corrected chi connectivity index (χ2v) is 4.45. The Kier molecular flexibility index (Phi) is 3.99. The van der Waals surface area contributed by atoms with Gasteiger partial charge in [-0.3, -0.25) is 0 Å². The van der Waals surface area contributed by atoms with Crippen molar-refractivity contribution in [2.45, 2.75) is 13.3 Å². The van der Waals surface area contributed by atoms with Gasteiger partial charge in [0, 0.05) is 12.2 Å². The average molecular weight is 228 g/mol. The van der Waals surface area contributed by atoms with Crippen molar-refractivity contribution in [3.05, 3.63) is 42.5 Å². The molecule has 0 radical (unpaired) electrons. The van der Waals surface area contributed by atoms with Crippen molar-refractivity contribution in [3.63, 3.8) is 0 Å². The number of benzene rings is 2. The molecule has 0 aliphatic carbocycles. The summed E-state index contributed by atoms with van der Waals surface area (Å²) in [6.45, 7) is 3.88. The lowest BCUT2D eigenvalue weighted by atomic mass is 10.1. The van der Waals surface area contributed by atoms with Crippen LogP contribution in [-0.4, -0.2) is 13.1 Å². The van der Waals surface area contributed by atoms with Crippen LogP contribution in [-0.2, 0) is 0 Å². The van der Waals surface area contributed by atoms with Crippen LogP contribution in [0.4, 0.5) is 5.69 Å². The first kappa shape index (κ1) is 11.9. The fourth-order valence-corrected chi connectivity index (χ4v) is 1.96. The average Bonchev–Trinajstić information content (AvgIpc) is 2.40. The molecule has 0 saturated heterocycles. The maximum Gasteiger partial charge on any atom is 0.0346 e. The van der Waals surface area contributed by atoms with Gasteiger partial charge in [-0.05, 0) is 35.4 Å². The molecule has 0 aromatic heterocycles. The zero-order valence-electron chi connectivity index (χ0n) is 10.3. The van der Waals surface area contributed by atoms with E-state index in [0.717, 1.165) is 19.5 Å². The second kappa shape index (κ2) is 5.69. The molecule has 1 unspecified atom stereocenters. The van der Waals surface area contributed by atoms with Crippen LogP contribution in [0.2, 0.25) is 0 Å². The van der Waals surface area contributed by atoms with Crippen molar-refractivity contribution in [2.75, 3.05) is 18.4 Å². The van der Waals surface area contributed by atoms with Gasteiger partial charge in [-0.2, -0.15) is 0 Å². The van der Waals surface area contributed by atoms with Crippen LogP contribution >= 0.6 is 0 Å². The smallest absolute Gasteiger partial charge is 0.0346 e. The minimum atomic E-state index is 0.557. The van der Waals surface area contributed by atoms with Crippen molar-refractivity contribution in [3.8, 4) is 0 Å². The summed E-state index contributed by atoms with van der Waals surface area (Å²) in [5.74, 6) is 0.557. The lowest BCUT2D eigenvalue weighted by molar-refractivity contribution is 0.548. The standard InChI is InChI=1S/C15H20N2/c1-2-12(10-16)11-17-15-8-7-13-5-3-4-6-14(13)9-15/h3-9,12,17H,2,10-11,16H2,1H3. The Balaban J connectivity index is 2.09. The predicted octanol–water partition coefficient (Wildman–Crippen LogP) is 3.24. The van der Waals surface area contributed by atoms with Gasteiger partial charge in [0.15, 0.2) is 0 Å². The first-order valence-corrected chi connectivity index (χ1v) is 6.26. The molecule has 1 atom stereocenters. The minimum Gasteiger partial charge on any atom is -0.385 e. The molecule has 0 aliphatic heterocycles. The third kappa shape index (κ3) is 2.98. The highest BCUT2D eigenvalue weighted by Crippen LogP contribution is 2.19. The lowest BCUT2D eigenvalue weighted by Crippen LogP contribution is -2.21. The Hall–Kier alpha value is -1.54. The predicted molar refractivity (Wildman–Crippen MR) is 75.3 cm³/mol. The normalized spacial score (nSPS) is 12.6. The largest absolute Gasteiger partial charge is 0.385 e. The number of nitrogens with one attached hydrogen (secondary N) is 1. The van der Waals surface area contributed by atoms with E-state index in [-0.39, 0.29) is 0 Å². The monoisotopic (exact) mass is 228 g/mol. The molecule has 0 bridgehead atoms. The first-order valence-electron chi connectivity index (χ1n) is 6.26. The van der Waals surface area contributed by atoms with Gasteiger partial charge in [-0.15, -0.1) is 0 Å². The zero-order chi connectivity index (χ0) is 12.1. The summed E-state index contributed by atoms with van der Waals surface area (Å²) in [4.78, 5) is 0. The molecule has 0 saturated carbocycles. The van der Waals surface area contributed by atoms with E-state index in [2.05, 4.69) is 54.7 Å². The van der Waals surface area contributed by atoms with Gasteiger partial charge in [-0.25, -0.2) is 0 Å². The lowest BCUT2D eigenvalue weighted by Gasteiger charge is -2.14. The molecule has 2 heteroatoms. The Morgan fingerprint density at radius 1 is 1.12 bits per heavy atom. The van der Waals surface area contributed by atoms with Crippen molar-refractivity contribution in [1.29, 1.82) is 0 Å². The van der Waals surface area contributed by atoms with Crippen LogP contribution in [0, 0.1) is 5.92 Å². The SMILES string of the molecule is CCC(CN)CNc1ccc2ccccc2c1. The second-order valence-electron chi connectivity index (χ2n) is 4.45. The topological polar surface area (TPSA) is 38.0 Å². The molecular weight excluding hydrogens is 208 g/mol. The quantitative estimate of drug-likeness (QED) is 0.824. The van der Waals surface area contributed by atoms with Crippen LogP contribution in [0.1, 0.15) is 13.3 Å². The fourth-order valence-electron chi connectivity index (χ4n) is 1.96. The molecule has 2 aromatic rings. The molecule has 2 aromatic carbocycles. The first-order chi connectivity index (χ1) is 8.33.